The third-order valence-corrected chi connectivity index (χ3v) is 5.71. The number of ether oxygens (including phenoxy) is 2. The summed E-state index contributed by atoms with van der Waals surface area (Å²) in [5.74, 6) is 1.26. The molecule has 182 valence electrons. The number of aliphatic hydroxyl groups is 1. The van der Waals surface area contributed by atoms with E-state index in [-0.39, 0.29) is 12.5 Å². The van der Waals surface area contributed by atoms with Crippen LogP contribution in [0.1, 0.15) is 25.0 Å². The highest BCUT2D eigenvalue weighted by atomic mass is 16.5. The number of rotatable bonds is 14. The van der Waals surface area contributed by atoms with Crippen LogP contribution < -0.4 is 14.8 Å². The maximum Gasteiger partial charge on any atom is 0.238 e. The summed E-state index contributed by atoms with van der Waals surface area (Å²) < 4.78 is 11.0. The normalized spacial score (nSPS) is 12.1. The van der Waals surface area contributed by atoms with Crippen LogP contribution in [0.5, 0.6) is 11.5 Å². The Kier molecular flexibility index (Phi) is 11.2. The van der Waals surface area contributed by atoms with Gasteiger partial charge in [-0.3, -0.25) is 14.6 Å². The lowest BCUT2D eigenvalue weighted by atomic mass is 10.1. The molecular formula is C26H39N3O4. The lowest BCUT2D eigenvalue weighted by Crippen LogP contribution is -2.42. The zero-order chi connectivity index (χ0) is 24.2. The van der Waals surface area contributed by atoms with Crippen molar-refractivity contribution in [3.05, 3.63) is 53.6 Å². The van der Waals surface area contributed by atoms with Gasteiger partial charge in [-0.05, 0) is 50.2 Å². The molecule has 33 heavy (non-hydrogen) atoms. The molecule has 1 unspecified atom stereocenters. The molecule has 2 N–H and O–H groups in total. The molecule has 0 aliphatic heterocycles. The van der Waals surface area contributed by atoms with E-state index in [1.54, 1.807) is 7.11 Å². The van der Waals surface area contributed by atoms with Crippen LogP contribution in [0.15, 0.2) is 42.5 Å². The number of carbonyl (C=O) groups is 1. The Morgan fingerprint density at radius 2 is 1.58 bits per heavy atom. The molecule has 1 amide bonds. The van der Waals surface area contributed by atoms with E-state index in [2.05, 4.69) is 29.0 Å². The van der Waals surface area contributed by atoms with Crippen LogP contribution in [-0.4, -0.2) is 79.9 Å². The minimum atomic E-state index is -0.628. The van der Waals surface area contributed by atoms with E-state index in [1.807, 2.05) is 56.3 Å². The second kappa shape index (κ2) is 13.8. The van der Waals surface area contributed by atoms with Crippen LogP contribution in [-0.2, 0) is 4.79 Å². The summed E-state index contributed by atoms with van der Waals surface area (Å²) in [5.41, 5.74) is 3.02. The molecule has 0 bridgehead atoms. The lowest BCUT2D eigenvalue weighted by molar-refractivity contribution is -0.117. The van der Waals surface area contributed by atoms with E-state index in [9.17, 15) is 9.90 Å². The molecule has 0 aliphatic carbocycles. The quantitative estimate of drug-likeness (QED) is 0.453. The van der Waals surface area contributed by atoms with Crippen molar-refractivity contribution in [3.8, 4) is 11.5 Å². The van der Waals surface area contributed by atoms with Crippen molar-refractivity contribution >= 4 is 11.6 Å². The van der Waals surface area contributed by atoms with Gasteiger partial charge in [0.25, 0.3) is 0 Å². The van der Waals surface area contributed by atoms with Gasteiger partial charge >= 0.3 is 0 Å². The highest BCUT2D eigenvalue weighted by Crippen LogP contribution is 2.25. The largest absolute Gasteiger partial charge is 0.493 e. The number of aryl methyl sites for hydroxylation is 2. The average Bonchev–Trinajstić information content (AvgIpc) is 2.81. The van der Waals surface area contributed by atoms with E-state index in [0.717, 1.165) is 43.0 Å². The van der Waals surface area contributed by atoms with Gasteiger partial charge in [0.1, 0.15) is 12.7 Å². The van der Waals surface area contributed by atoms with Crippen molar-refractivity contribution in [2.45, 2.75) is 33.8 Å². The van der Waals surface area contributed by atoms with Gasteiger partial charge in [0.05, 0.1) is 13.7 Å². The molecule has 0 spiro atoms. The summed E-state index contributed by atoms with van der Waals surface area (Å²) >= 11 is 0. The first-order valence-corrected chi connectivity index (χ1v) is 11.6. The topological polar surface area (TPSA) is 74.3 Å². The number of methoxy groups -OCH3 is 1. The summed E-state index contributed by atoms with van der Waals surface area (Å²) in [6, 6.07) is 13.4. The van der Waals surface area contributed by atoms with E-state index < -0.39 is 6.10 Å². The van der Waals surface area contributed by atoms with E-state index in [4.69, 9.17) is 9.47 Å². The molecule has 0 saturated carbocycles. The van der Waals surface area contributed by atoms with E-state index >= 15 is 0 Å². The van der Waals surface area contributed by atoms with Gasteiger partial charge in [0.15, 0.2) is 11.5 Å². The number of aliphatic hydroxyl groups excluding tert-OH is 1. The molecule has 7 nitrogen and oxygen atoms in total. The number of hydrogen-bond donors (Lipinski definition) is 2. The summed E-state index contributed by atoms with van der Waals surface area (Å²) in [6.45, 7) is 12.2. The van der Waals surface area contributed by atoms with Crippen LogP contribution in [0.3, 0.4) is 0 Å². The van der Waals surface area contributed by atoms with E-state index in [1.165, 1.54) is 0 Å². The highest BCUT2D eigenvalue weighted by molar-refractivity contribution is 5.93. The fourth-order valence-corrected chi connectivity index (χ4v) is 3.68. The van der Waals surface area contributed by atoms with Gasteiger partial charge in [0, 0.05) is 25.3 Å². The fourth-order valence-electron chi connectivity index (χ4n) is 3.68. The molecule has 0 aliphatic rings. The third-order valence-electron chi connectivity index (χ3n) is 5.71. The molecule has 1 atom stereocenters. The number of benzene rings is 2. The fraction of sp³-hybridized carbons (Fsp3) is 0.500. The average molecular weight is 458 g/mol. The molecule has 2 aromatic carbocycles. The number of nitrogens with zero attached hydrogens (tertiary/aromatic N) is 2. The summed E-state index contributed by atoms with van der Waals surface area (Å²) in [6.07, 6.45) is -0.628. The number of anilines is 1. The van der Waals surface area contributed by atoms with Crippen LogP contribution in [0.25, 0.3) is 0 Å². The molecule has 2 rings (SSSR count). The molecule has 7 heteroatoms. The molecule has 0 radical (unpaired) electrons. The maximum atomic E-state index is 12.6. The smallest absolute Gasteiger partial charge is 0.238 e. The molecule has 2 aromatic rings. The van der Waals surface area contributed by atoms with Crippen molar-refractivity contribution in [1.82, 2.24) is 9.80 Å². The Labute approximate surface area is 198 Å². The first-order chi connectivity index (χ1) is 15.9. The Morgan fingerprint density at radius 3 is 2.18 bits per heavy atom. The third kappa shape index (κ3) is 8.68. The molecule has 0 fully saturated rings. The molecule has 0 saturated heterocycles. The Balaban J connectivity index is 1.80. The second-order valence-corrected chi connectivity index (χ2v) is 8.19. The second-order valence-electron chi connectivity index (χ2n) is 8.19. The van der Waals surface area contributed by atoms with E-state index in [0.29, 0.717) is 24.6 Å². The SMILES string of the molecule is CCN(CCN(CC)CC(O)COc1ccccc1OC)CC(=O)Nc1c(C)cccc1C. The number of para-hydroxylation sites is 3. The summed E-state index contributed by atoms with van der Waals surface area (Å²) in [4.78, 5) is 16.9. The van der Waals surface area contributed by atoms with Gasteiger partial charge < -0.3 is 19.9 Å². The Bertz CT molecular complexity index is 854. The predicted molar refractivity (Wildman–Crippen MR) is 133 cm³/mol. The van der Waals surface area contributed by atoms with Crippen molar-refractivity contribution in [3.63, 3.8) is 0 Å². The Morgan fingerprint density at radius 1 is 0.970 bits per heavy atom. The van der Waals surface area contributed by atoms with Crippen molar-refractivity contribution in [2.24, 2.45) is 0 Å². The minimum Gasteiger partial charge on any atom is -0.493 e. The zero-order valence-corrected chi connectivity index (χ0v) is 20.6. The van der Waals surface area contributed by atoms with Gasteiger partial charge in [-0.25, -0.2) is 0 Å². The summed E-state index contributed by atoms with van der Waals surface area (Å²) in [5, 5.41) is 13.5. The lowest BCUT2D eigenvalue weighted by Gasteiger charge is -2.27. The summed E-state index contributed by atoms with van der Waals surface area (Å²) in [7, 11) is 1.60. The number of hydrogen-bond acceptors (Lipinski definition) is 6. The predicted octanol–water partition coefficient (Wildman–Crippen LogP) is 3.33. The van der Waals surface area contributed by atoms with Crippen LogP contribution in [0.4, 0.5) is 5.69 Å². The highest BCUT2D eigenvalue weighted by Gasteiger charge is 2.16. The molecular weight excluding hydrogens is 418 g/mol. The maximum absolute atomic E-state index is 12.6. The Hall–Kier alpha value is -2.61. The standard InChI is InChI=1S/C26H39N3O4/c1-6-28(17-22(30)19-33-24-14-9-8-13-23(24)32-5)15-16-29(7-2)18-25(31)27-26-20(3)11-10-12-21(26)4/h8-14,22,30H,6-7,15-19H2,1-5H3,(H,27,31). The van der Waals surface area contributed by atoms with Crippen molar-refractivity contribution < 1.29 is 19.4 Å². The van der Waals surface area contributed by atoms with Crippen molar-refractivity contribution in [1.29, 1.82) is 0 Å². The van der Waals surface area contributed by atoms with Crippen LogP contribution >= 0.6 is 0 Å². The molecule has 0 heterocycles. The number of amides is 1. The monoisotopic (exact) mass is 457 g/mol. The number of likely N-dealkylation sites (N-methyl/N-ethyl adjacent to an activating group) is 2. The minimum absolute atomic E-state index is 0.0115. The van der Waals surface area contributed by atoms with Gasteiger partial charge in [-0.2, -0.15) is 0 Å². The first-order valence-electron chi connectivity index (χ1n) is 11.6. The number of carbonyl (C=O) groups excluding carboxylic acids is 1. The van der Waals surface area contributed by atoms with Gasteiger partial charge in [-0.1, -0.05) is 44.2 Å². The first kappa shape index (κ1) is 26.6. The van der Waals surface area contributed by atoms with Crippen LogP contribution in [0.2, 0.25) is 0 Å². The van der Waals surface area contributed by atoms with Crippen LogP contribution in [0, 0.1) is 13.8 Å². The van der Waals surface area contributed by atoms with Gasteiger partial charge in [-0.15, -0.1) is 0 Å². The molecule has 0 aromatic heterocycles. The zero-order valence-electron chi connectivity index (χ0n) is 20.6. The van der Waals surface area contributed by atoms with Crippen molar-refractivity contribution in [2.75, 3.05) is 58.3 Å². The number of nitrogens with one attached hydrogen (secondary N) is 1. The van der Waals surface area contributed by atoms with Gasteiger partial charge in [0.2, 0.25) is 5.91 Å².